The molecule has 5 nitrogen and oxygen atoms in total. The number of rotatable bonds is 8. The maximum Gasteiger partial charge on any atom is 0.258 e. The number of nitrogens with one attached hydrogen (secondary N) is 2. The third-order valence-electron chi connectivity index (χ3n) is 4.46. The maximum absolute atomic E-state index is 13.1. The zero-order chi connectivity index (χ0) is 19.1. The Morgan fingerprint density at radius 2 is 1.74 bits per heavy atom. The van der Waals surface area contributed by atoms with E-state index < -0.39 is 0 Å². The molecule has 0 spiro atoms. The van der Waals surface area contributed by atoms with Gasteiger partial charge in [0.1, 0.15) is 11.6 Å². The van der Waals surface area contributed by atoms with Crippen LogP contribution in [0, 0.1) is 5.82 Å². The van der Waals surface area contributed by atoms with Crippen LogP contribution in [0.1, 0.15) is 23.1 Å². The van der Waals surface area contributed by atoms with Crippen molar-refractivity contribution in [1.29, 1.82) is 0 Å². The van der Waals surface area contributed by atoms with Crippen LogP contribution in [-0.2, 0) is 28.9 Å². The number of aryl methyl sites for hydroxylation is 2. The van der Waals surface area contributed by atoms with E-state index in [4.69, 9.17) is 4.74 Å². The van der Waals surface area contributed by atoms with Gasteiger partial charge in [-0.15, -0.1) is 0 Å². The lowest BCUT2D eigenvalue weighted by atomic mass is 10.1. The molecule has 3 rings (SSSR count). The predicted octanol–water partition coefficient (Wildman–Crippen LogP) is 2.17. The van der Waals surface area contributed by atoms with E-state index >= 15 is 0 Å². The fourth-order valence-corrected chi connectivity index (χ4v) is 3.14. The predicted molar refractivity (Wildman–Crippen MR) is 100 cm³/mol. The highest BCUT2D eigenvalue weighted by Crippen LogP contribution is 2.25. The summed E-state index contributed by atoms with van der Waals surface area (Å²) in [5, 5.41) is 5.39. The summed E-state index contributed by atoms with van der Waals surface area (Å²) in [4.78, 5) is 23.6. The number of ether oxygens (including phenoxy) is 1. The molecule has 0 unspecified atom stereocenters. The zero-order valence-corrected chi connectivity index (χ0v) is 15.1. The molecule has 2 amide bonds. The van der Waals surface area contributed by atoms with Crippen LogP contribution in [0.4, 0.5) is 4.39 Å². The van der Waals surface area contributed by atoms with Gasteiger partial charge in [0.2, 0.25) is 5.91 Å². The van der Waals surface area contributed by atoms with Gasteiger partial charge in [-0.3, -0.25) is 9.59 Å². The molecule has 1 aliphatic carbocycles. The van der Waals surface area contributed by atoms with Crippen molar-refractivity contribution in [1.82, 2.24) is 10.6 Å². The quantitative estimate of drug-likeness (QED) is 0.700. The molecule has 6 heteroatoms. The van der Waals surface area contributed by atoms with Crippen molar-refractivity contribution in [2.24, 2.45) is 0 Å². The SMILES string of the molecule is O=C(COc1ccc2c(c1)CCC2)NCCNC(=O)Cc1cccc(F)c1. The van der Waals surface area contributed by atoms with Gasteiger partial charge in [0, 0.05) is 13.1 Å². The third-order valence-corrected chi connectivity index (χ3v) is 4.46. The van der Waals surface area contributed by atoms with E-state index in [1.807, 2.05) is 12.1 Å². The molecule has 142 valence electrons. The molecular formula is C21H23FN2O3. The largest absolute Gasteiger partial charge is 0.484 e. The van der Waals surface area contributed by atoms with Gasteiger partial charge in [-0.2, -0.15) is 0 Å². The van der Waals surface area contributed by atoms with Crippen molar-refractivity contribution in [3.8, 4) is 5.75 Å². The highest BCUT2D eigenvalue weighted by Gasteiger charge is 2.12. The van der Waals surface area contributed by atoms with Gasteiger partial charge in [0.05, 0.1) is 6.42 Å². The normalized spacial score (nSPS) is 12.3. The second-order valence-electron chi connectivity index (χ2n) is 6.58. The van der Waals surface area contributed by atoms with Gasteiger partial charge < -0.3 is 15.4 Å². The minimum Gasteiger partial charge on any atom is -0.484 e. The first-order valence-electron chi connectivity index (χ1n) is 9.12. The molecule has 0 fully saturated rings. The summed E-state index contributed by atoms with van der Waals surface area (Å²) < 4.78 is 18.6. The van der Waals surface area contributed by atoms with Crippen LogP contribution >= 0.6 is 0 Å². The average Bonchev–Trinajstić information content (AvgIpc) is 3.11. The molecule has 0 radical (unpaired) electrons. The van der Waals surface area contributed by atoms with E-state index in [0.717, 1.165) is 12.8 Å². The van der Waals surface area contributed by atoms with Crippen molar-refractivity contribution in [3.05, 3.63) is 65.0 Å². The van der Waals surface area contributed by atoms with Crippen molar-refractivity contribution in [3.63, 3.8) is 0 Å². The first-order chi connectivity index (χ1) is 13.1. The molecular weight excluding hydrogens is 347 g/mol. The summed E-state index contributed by atoms with van der Waals surface area (Å²) in [5.41, 5.74) is 3.27. The standard InChI is InChI=1S/C21H23FN2O3/c22-18-6-1-3-15(11-18)12-20(25)23-9-10-24-21(26)14-27-19-8-7-16-4-2-5-17(16)13-19/h1,3,6-8,11,13H,2,4-5,9-10,12,14H2,(H,23,25)(H,24,26). The van der Waals surface area contributed by atoms with Gasteiger partial charge >= 0.3 is 0 Å². The molecule has 2 aromatic rings. The maximum atomic E-state index is 13.1. The Morgan fingerprint density at radius 3 is 2.56 bits per heavy atom. The van der Waals surface area contributed by atoms with Gasteiger partial charge in [-0.1, -0.05) is 18.2 Å². The van der Waals surface area contributed by atoms with Crippen LogP contribution in [0.2, 0.25) is 0 Å². The molecule has 0 aliphatic heterocycles. The molecule has 0 saturated heterocycles. The summed E-state index contributed by atoms with van der Waals surface area (Å²) in [6, 6.07) is 11.9. The van der Waals surface area contributed by atoms with Crippen LogP contribution in [0.3, 0.4) is 0 Å². The number of carbonyl (C=O) groups is 2. The topological polar surface area (TPSA) is 67.4 Å². The van der Waals surface area contributed by atoms with E-state index in [1.165, 1.54) is 29.7 Å². The van der Waals surface area contributed by atoms with Gasteiger partial charge in [0.15, 0.2) is 6.61 Å². The van der Waals surface area contributed by atoms with E-state index in [9.17, 15) is 14.0 Å². The van der Waals surface area contributed by atoms with E-state index in [1.54, 1.807) is 12.1 Å². The van der Waals surface area contributed by atoms with Gasteiger partial charge in [-0.05, 0) is 60.2 Å². The van der Waals surface area contributed by atoms with E-state index in [-0.39, 0.29) is 30.7 Å². The lowest BCUT2D eigenvalue weighted by molar-refractivity contribution is -0.124. The Hall–Kier alpha value is -2.89. The Labute approximate surface area is 157 Å². The minimum absolute atomic E-state index is 0.0595. The van der Waals surface area contributed by atoms with Crippen molar-refractivity contribution >= 4 is 11.8 Å². The minimum atomic E-state index is -0.365. The second-order valence-corrected chi connectivity index (χ2v) is 6.58. The highest BCUT2D eigenvalue weighted by atomic mass is 19.1. The number of halogens is 1. The third kappa shape index (κ3) is 5.81. The molecule has 0 aromatic heterocycles. The number of hydrogen-bond donors (Lipinski definition) is 2. The first-order valence-corrected chi connectivity index (χ1v) is 9.12. The number of amides is 2. The lowest BCUT2D eigenvalue weighted by Gasteiger charge is -2.09. The van der Waals surface area contributed by atoms with Crippen LogP contribution < -0.4 is 15.4 Å². The summed E-state index contributed by atoms with van der Waals surface area (Å²) in [6.07, 6.45) is 3.45. The smallest absolute Gasteiger partial charge is 0.258 e. The number of fused-ring (bicyclic) bond motifs is 1. The van der Waals surface area contributed by atoms with E-state index in [0.29, 0.717) is 24.4 Å². The fraction of sp³-hybridized carbons (Fsp3) is 0.333. The molecule has 27 heavy (non-hydrogen) atoms. The molecule has 0 bridgehead atoms. The first kappa shape index (κ1) is 18.9. The van der Waals surface area contributed by atoms with Crippen LogP contribution in [0.15, 0.2) is 42.5 Å². The second kappa shape index (κ2) is 9.16. The van der Waals surface area contributed by atoms with Crippen LogP contribution in [-0.4, -0.2) is 31.5 Å². The monoisotopic (exact) mass is 370 g/mol. The summed E-state index contributed by atoms with van der Waals surface area (Å²) in [5.74, 6) is -0.121. The average molecular weight is 370 g/mol. The summed E-state index contributed by atoms with van der Waals surface area (Å²) in [6.45, 7) is 0.552. The Bertz CT molecular complexity index is 823. The Kier molecular flexibility index (Phi) is 6.41. The Morgan fingerprint density at radius 1 is 0.963 bits per heavy atom. The molecule has 2 N–H and O–H groups in total. The number of benzene rings is 2. The summed E-state index contributed by atoms with van der Waals surface area (Å²) >= 11 is 0. The van der Waals surface area contributed by atoms with Crippen molar-refractivity contribution in [2.45, 2.75) is 25.7 Å². The highest BCUT2D eigenvalue weighted by molar-refractivity contribution is 5.79. The molecule has 0 saturated carbocycles. The van der Waals surface area contributed by atoms with Gasteiger partial charge in [-0.25, -0.2) is 4.39 Å². The fourth-order valence-electron chi connectivity index (χ4n) is 3.14. The van der Waals surface area contributed by atoms with Gasteiger partial charge in [0.25, 0.3) is 5.91 Å². The molecule has 2 aromatic carbocycles. The molecule has 0 heterocycles. The van der Waals surface area contributed by atoms with E-state index in [2.05, 4.69) is 16.7 Å². The number of hydrogen-bond acceptors (Lipinski definition) is 3. The molecule has 1 aliphatic rings. The van der Waals surface area contributed by atoms with Crippen molar-refractivity contribution in [2.75, 3.05) is 19.7 Å². The molecule has 0 atom stereocenters. The lowest BCUT2D eigenvalue weighted by Crippen LogP contribution is -2.37. The Balaban J connectivity index is 1.31. The van der Waals surface area contributed by atoms with Crippen molar-refractivity contribution < 1.29 is 18.7 Å². The number of carbonyl (C=O) groups excluding carboxylic acids is 2. The van der Waals surface area contributed by atoms with Crippen LogP contribution in [0.5, 0.6) is 5.75 Å². The summed E-state index contributed by atoms with van der Waals surface area (Å²) in [7, 11) is 0. The zero-order valence-electron chi connectivity index (χ0n) is 15.1. The van der Waals surface area contributed by atoms with Crippen LogP contribution in [0.25, 0.3) is 0 Å².